The van der Waals surface area contributed by atoms with Crippen LogP contribution < -0.4 is 9.47 Å². The summed E-state index contributed by atoms with van der Waals surface area (Å²) in [5.74, 6) is 0.959. The Bertz CT molecular complexity index is 548. The van der Waals surface area contributed by atoms with E-state index in [1.54, 1.807) is 26.2 Å². The molecule has 1 unspecified atom stereocenters. The summed E-state index contributed by atoms with van der Waals surface area (Å²) in [5.41, 5.74) is 0. The largest absolute Gasteiger partial charge is 0.496 e. The molecule has 1 aromatic carbocycles. The Labute approximate surface area is 134 Å². The Kier molecular flexibility index (Phi) is 6.42. The highest BCUT2D eigenvalue weighted by Gasteiger charge is 2.15. The van der Waals surface area contributed by atoms with Crippen molar-refractivity contribution < 1.29 is 17.9 Å². The van der Waals surface area contributed by atoms with Crippen LogP contribution in [-0.4, -0.2) is 27.9 Å². The van der Waals surface area contributed by atoms with Gasteiger partial charge in [0, 0.05) is 16.6 Å². The van der Waals surface area contributed by atoms with Gasteiger partial charge in [0.25, 0.3) is 0 Å². The molecular formula is C11H13Br2ClO4S. The molecule has 0 aliphatic rings. The van der Waals surface area contributed by atoms with Crippen LogP contribution in [0.3, 0.4) is 0 Å². The lowest BCUT2D eigenvalue weighted by atomic mass is 10.2. The zero-order valence-corrected chi connectivity index (χ0v) is 15.1. The van der Waals surface area contributed by atoms with Crippen molar-refractivity contribution in [1.29, 1.82) is 0 Å². The van der Waals surface area contributed by atoms with Crippen LogP contribution in [0, 0.1) is 5.92 Å². The summed E-state index contributed by atoms with van der Waals surface area (Å²) < 4.78 is 34.1. The molecule has 1 aromatic rings. The van der Waals surface area contributed by atoms with Gasteiger partial charge in [-0.3, -0.25) is 0 Å². The Morgan fingerprint density at radius 2 is 1.79 bits per heavy atom. The summed E-state index contributed by atoms with van der Waals surface area (Å²) in [5, 5.41) is 0. The monoisotopic (exact) mass is 434 g/mol. The first kappa shape index (κ1) is 17.1. The average Bonchev–Trinajstić information content (AvgIpc) is 2.27. The minimum absolute atomic E-state index is 0.122. The van der Waals surface area contributed by atoms with E-state index in [4.69, 9.17) is 20.2 Å². The van der Waals surface area contributed by atoms with Crippen LogP contribution in [0.2, 0.25) is 0 Å². The lowest BCUT2D eigenvalue weighted by Gasteiger charge is -2.14. The SMILES string of the molecule is COc1cc(Br)c(OCC(C)CS(=O)(=O)Cl)cc1Br. The number of hydrogen-bond donors (Lipinski definition) is 0. The van der Waals surface area contributed by atoms with Crippen molar-refractivity contribution in [3.8, 4) is 11.5 Å². The molecule has 0 aliphatic heterocycles. The first-order chi connectivity index (χ1) is 8.73. The van der Waals surface area contributed by atoms with Crippen molar-refractivity contribution in [2.24, 2.45) is 5.92 Å². The number of hydrogen-bond acceptors (Lipinski definition) is 4. The summed E-state index contributed by atoms with van der Waals surface area (Å²) in [6, 6.07) is 3.52. The first-order valence-electron chi connectivity index (χ1n) is 5.31. The van der Waals surface area contributed by atoms with Gasteiger partial charge in [0.1, 0.15) is 11.5 Å². The molecule has 0 aliphatic carbocycles. The average molecular weight is 437 g/mol. The number of halogens is 3. The van der Waals surface area contributed by atoms with Gasteiger partial charge in [0.15, 0.2) is 0 Å². The van der Waals surface area contributed by atoms with Crippen LogP contribution in [0.15, 0.2) is 21.1 Å². The minimum Gasteiger partial charge on any atom is -0.496 e. The second-order valence-electron chi connectivity index (χ2n) is 4.04. The smallest absolute Gasteiger partial charge is 0.232 e. The lowest BCUT2D eigenvalue weighted by Crippen LogP contribution is -2.16. The maximum Gasteiger partial charge on any atom is 0.232 e. The summed E-state index contributed by atoms with van der Waals surface area (Å²) in [6.45, 7) is 2.01. The van der Waals surface area contributed by atoms with E-state index < -0.39 is 9.05 Å². The summed E-state index contributed by atoms with van der Waals surface area (Å²) in [7, 11) is 3.25. The Hall–Kier alpha value is 0.0200. The third kappa shape index (κ3) is 5.89. The molecule has 0 saturated carbocycles. The molecule has 8 heteroatoms. The molecule has 108 valence electrons. The zero-order chi connectivity index (χ0) is 14.6. The van der Waals surface area contributed by atoms with E-state index in [9.17, 15) is 8.42 Å². The second kappa shape index (κ2) is 7.15. The number of rotatable bonds is 6. The molecule has 0 amide bonds. The molecule has 0 aromatic heterocycles. The fourth-order valence-electron chi connectivity index (χ4n) is 1.40. The maximum absolute atomic E-state index is 10.9. The fourth-order valence-corrected chi connectivity index (χ4v) is 3.74. The molecule has 1 atom stereocenters. The van der Waals surface area contributed by atoms with Crippen LogP contribution in [0.5, 0.6) is 11.5 Å². The molecule has 0 heterocycles. The van der Waals surface area contributed by atoms with E-state index in [0.29, 0.717) is 11.5 Å². The van der Waals surface area contributed by atoms with E-state index in [1.807, 2.05) is 0 Å². The highest BCUT2D eigenvalue weighted by molar-refractivity contribution is 9.11. The van der Waals surface area contributed by atoms with Gasteiger partial charge in [0.2, 0.25) is 9.05 Å². The summed E-state index contributed by atoms with van der Waals surface area (Å²) in [6.07, 6.45) is 0. The van der Waals surface area contributed by atoms with Crippen LogP contribution in [-0.2, 0) is 9.05 Å². The highest BCUT2D eigenvalue weighted by Crippen LogP contribution is 2.36. The molecule has 0 saturated heterocycles. The van der Waals surface area contributed by atoms with Crippen LogP contribution in [0.1, 0.15) is 6.92 Å². The zero-order valence-electron chi connectivity index (χ0n) is 10.3. The highest BCUT2D eigenvalue weighted by atomic mass is 79.9. The number of ether oxygens (including phenoxy) is 2. The van der Waals surface area contributed by atoms with Gasteiger partial charge in [0.05, 0.1) is 28.4 Å². The van der Waals surface area contributed by atoms with Gasteiger partial charge in [-0.15, -0.1) is 0 Å². The molecule has 4 nitrogen and oxygen atoms in total. The van der Waals surface area contributed by atoms with E-state index in [0.717, 1.165) is 8.95 Å². The molecule has 0 bridgehead atoms. The fraction of sp³-hybridized carbons (Fsp3) is 0.455. The molecule has 0 fully saturated rings. The van der Waals surface area contributed by atoms with Crippen LogP contribution >= 0.6 is 42.5 Å². The van der Waals surface area contributed by atoms with Crippen molar-refractivity contribution in [2.75, 3.05) is 19.5 Å². The molecule has 0 radical (unpaired) electrons. The lowest BCUT2D eigenvalue weighted by molar-refractivity contribution is 0.270. The normalized spacial score (nSPS) is 13.1. The molecule has 0 N–H and O–H groups in total. The minimum atomic E-state index is -3.51. The van der Waals surface area contributed by atoms with Gasteiger partial charge in [-0.1, -0.05) is 6.92 Å². The number of methoxy groups -OCH3 is 1. The Balaban J connectivity index is 2.71. The standard InChI is InChI=1S/C11H13Br2ClO4S/c1-7(6-19(14,15)16)5-18-11-4-8(12)10(17-2)3-9(11)13/h3-4,7H,5-6H2,1-2H3. The quantitative estimate of drug-likeness (QED) is 0.637. The van der Waals surface area contributed by atoms with Gasteiger partial charge in [-0.25, -0.2) is 8.42 Å². The van der Waals surface area contributed by atoms with Gasteiger partial charge >= 0.3 is 0 Å². The predicted molar refractivity (Wildman–Crippen MR) is 82.7 cm³/mol. The van der Waals surface area contributed by atoms with E-state index >= 15 is 0 Å². The Morgan fingerprint density at radius 1 is 1.26 bits per heavy atom. The molecule has 0 spiro atoms. The van der Waals surface area contributed by atoms with Crippen LogP contribution in [0.4, 0.5) is 0 Å². The van der Waals surface area contributed by atoms with Crippen molar-refractivity contribution in [3.63, 3.8) is 0 Å². The van der Waals surface area contributed by atoms with Crippen molar-refractivity contribution in [1.82, 2.24) is 0 Å². The molecule has 1 rings (SSSR count). The summed E-state index contributed by atoms with van der Waals surface area (Å²) in [4.78, 5) is 0. The third-order valence-electron chi connectivity index (χ3n) is 2.21. The first-order valence-corrected chi connectivity index (χ1v) is 9.37. The van der Waals surface area contributed by atoms with Gasteiger partial charge in [-0.2, -0.15) is 0 Å². The Morgan fingerprint density at radius 3 is 2.32 bits per heavy atom. The van der Waals surface area contributed by atoms with Crippen LogP contribution in [0.25, 0.3) is 0 Å². The summed E-state index contributed by atoms with van der Waals surface area (Å²) >= 11 is 6.72. The topological polar surface area (TPSA) is 52.6 Å². The van der Waals surface area contributed by atoms with E-state index in [2.05, 4.69) is 31.9 Å². The van der Waals surface area contributed by atoms with E-state index in [1.165, 1.54) is 0 Å². The second-order valence-corrected chi connectivity index (χ2v) is 8.57. The maximum atomic E-state index is 10.9. The van der Waals surface area contributed by atoms with Crippen molar-refractivity contribution in [3.05, 3.63) is 21.1 Å². The third-order valence-corrected chi connectivity index (χ3v) is 4.80. The van der Waals surface area contributed by atoms with Gasteiger partial charge < -0.3 is 9.47 Å². The predicted octanol–water partition coefficient (Wildman–Crippen LogP) is 3.80. The molecule has 19 heavy (non-hydrogen) atoms. The van der Waals surface area contributed by atoms with E-state index in [-0.39, 0.29) is 18.3 Å². The number of benzene rings is 1. The molecular weight excluding hydrogens is 423 g/mol. The van der Waals surface area contributed by atoms with Crippen molar-refractivity contribution in [2.45, 2.75) is 6.92 Å². The van der Waals surface area contributed by atoms with Gasteiger partial charge in [-0.05, 0) is 44.0 Å². The van der Waals surface area contributed by atoms with Crippen molar-refractivity contribution >= 4 is 51.6 Å².